The number of carbonyl (C=O) groups is 2. The summed E-state index contributed by atoms with van der Waals surface area (Å²) in [5, 5.41) is 0. The molecule has 4 nitrogen and oxygen atoms in total. The zero-order valence-corrected chi connectivity index (χ0v) is 8.63. The number of carbonyl (C=O) groups excluding carboxylic acids is 2. The Morgan fingerprint density at radius 1 is 1.10 bits per heavy atom. The van der Waals surface area contributed by atoms with Crippen LogP contribution in [0, 0.1) is 0 Å². The Kier molecular flexibility index (Phi) is 4.21. The van der Waals surface area contributed by atoms with Gasteiger partial charge in [-0.05, 0) is 0 Å². The molecule has 10 heavy (non-hydrogen) atoms. The molecule has 5 heteroatoms. The van der Waals surface area contributed by atoms with Gasteiger partial charge in [0.1, 0.15) is 0 Å². The van der Waals surface area contributed by atoms with E-state index in [4.69, 9.17) is 0 Å². The van der Waals surface area contributed by atoms with Crippen molar-refractivity contribution < 1.29 is 16.6 Å². The molecule has 0 unspecified atom stereocenters. The van der Waals surface area contributed by atoms with Gasteiger partial charge in [-0.3, -0.25) is 0 Å². The van der Waals surface area contributed by atoms with Crippen LogP contribution in [-0.2, 0) is 16.6 Å². The summed E-state index contributed by atoms with van der Waals surface area (Å²) < 4.78 is 9.33. The molecule has 0 saturated heterocycles. The summed E-state index contributed by atoms with van der Waals surface area (Å²) in [6.07, 6.45) is 0. The quantitative estimate of drug-likeness (QED) is 0.602. The Morgan fingerprint density at radius 2 is 1.40 bits per heavy atom. The molecule has 0 aliphatic rings. The van der Waals surface area contributed by atoms with E-state index in [1.165, 1.54) is 13.8 Å². The van der Waals surface area contributed by atoms with Crippen molar-refractivity contribution in [3.05, 3.63) is 0 Å². The molecule has 0 spiro atoms. The Hall–Kier alpha value is -0.424. The van der Waals surface area contributed by atoms with Gasteiger partial charge >= 0.3 is 64.9 Å². The molecule has 0 aromatic carbocycles. The minimum absolute atomic E-state index is 0.381. The van der Waals surface area contributed by atoms with Crippen LogP contribution in [-0.4, -0.2) is 28.9 Å². The number of hydrogen-bond donors (Lipinski definition) is 0. The zero-order valence-electron chi connectivity index (χ0n) is 6.21. The molecule has 0 fully saturated rings. The summed E-state index contributed by atoms with van der Waals surface area (Å²) in [6, 6.07) is 0. The maximum absolute atomic E-state index is 10.3. The molecule has 0 radical (unpaired) electrons. The third-order valence-electron chi connectivity index (χ3n) is 0.664. The second-order valence-corrected chi connectivity index (χ2v) is 5.16. The Morgan fingerprint density at radius 3 is 1.60 bits per heavy atom. The van der Waals surface area contributed by atoms with Crippen molar-refractivity contribution in [3.63, 3.8) is 0 Å². The van der Waals surface area contributed by atoms with Crippen LogP contribution in [0.25, 0.3) is 0 Å². The zero-order chi connectivity index (χ0) is 8.15. The summed E-state index contributed by atoms with van der Waals surface area (Å²) in [5.74, 6) is -0.762. The van der Waals surface area contributed by atoms with Gasteiger partial charge in [-0.1, -0.05) is 0 Å². The predicted octanol–water partition coefficient (Wildman–Crippen LogP) is 0.231. The normalized spacial score (nSPS) is 8.30. The Balaban J connectivity index is 3.53. The van der Waals surface area contributed by atoms with Crippen LogP contribution < -0.4 is 0 Å². The van der Waals surface area contributed by atoms with E-state index in [0.29, 0.717) is 0 Å². The van der Waals surface area contributed by atoms with E-state index in [-0.39, 0.29) is 11.9 Å². The fourth-order valence-electron chi connectivity index (χ4n) is 0.491. The van der Waals surface area contributed by atoms with Crippen LogP contribution in [0.4, 0.5) is 0 Å². The molecular formula is C5H9GaO4. The van der Waals surface area contributed by atoms with Crippen LogP contribution in [0.2, 0.25) is 5.48 Å². The van der Waals surface area contributed by atoms with Crippen LogP contribution in [0.15, 0.2) is 0 Å². The number of hydrogen-bond acceptors (Lipinski definition) is 4. The summed E-state index contributed by atoms with van der Waals surface area (Å²) in [6.45, 7) is 2.59. The molecule has 0 aromatic heterocycles. The molecule has 0 heterocycles. The van der Waals surface area contributed by atoms with Gasteiger partial charge in [0, 0.05) is 0 Å². The van der Waals surface area contributed by atoms with Gasteiger partial charge < -0.3 is 0 Å². The second-order valence-electron chi connectivity index (χ2n) is 1.79. The first-order valence-electron chi connectivity index (χ1n) is 2.87. The summed E-state index contributed by atoms with van der Waals surface area (Å²) in [5.41, 5.74) is 1.66. The van der Waals surface area contributed by atoms with Gasteiger partial charge in [0.25, 0.3) is 0 Å². The molecule has 0 aliphatic heterocycles. The van der Waals surface area contributed by atoms with E-state index in [2.05, 4.69) is 7.06 Å². The number of rotatable bonds is 2. The Labute approximate surface area is 65.4 Å². The SMILES string of the molecule is CC(=O)[O][Ga]([CH3])[O]C(C)=O. The van der Waals surface area contributed by atoms with E-state index in [1.807, 2.05) is 0 Å². The van der Waals surface area contributed by atoms with Crippen LogP contribution in [0.1, 0.15) is 13.8 Å². The Bertz CT molecular complexity index is 129. The third kappa shape index (κ3) is 5.71. The first-order valence-corrected chi connectivity index (χ1v) is 7.27. The molecule has 0 amide bonds. The third-order valence-corrected chi connectivity index (χ3v) is 3.45. The van der Waals surface area contributed by atoms with Gasteiger partial charge in [0.05, 0.1) is 0 Å². The van der Waals surface area contributed by atoms with E-state index < -0.39 is 16.9 Å². The van der Waals surface area contributed by atoms with Crippen molar-refractivity contribution in [2.45, 2.75) is 19.3 Å². The van der Waals surface area contributed by atoms with Gasteiger partial charge in [-0.2, -0.15) is 0 Å². The molecule has 0 rings (SSSR count). The van der Waals surface area contributed by atoms with E-state index in [0.717, 1.165) is 0 Å². The average Bonchev–Trinajstić information content (AvgIpc) is 1.58. The van der Waals surface area contributed by atoms with E-state index in [9.17, 15) is 9.59 Å². The van der Waals surface area contributed by atoms with Crippen molar-refractivity contribution >= 4 is 28.9 Å². The molecule has 0 aliphatic carbocycles. The molecule has 0 saturated carbocycles. The summed E-state index contributed by atoms with van der Waals surface area (Å²) >= 11 is -2.45. The van der Waals surface area contributed by atoms with Gasteiger partial charge in [0.15, 0.2) is 0 Å². The van der Waals surface area contributed by atoms with Crippen LogP contribution in [0.3, 0.4) is 0 Å². The molecule has 0 atom stereocenters. The van der Waals surface area contributed by atoms with Gasteiger partial charge in [-0.25, -0.2) is 0 Å². The van der Waals surface area contributed by atoms with Crippen molar-refractivity contribution in [3.8, 4) is 0 Å². The van der Waals surface area contributed by atoms with Crippen molar-refractivity contribution in [2.24, 2.45) is 0 Å². The fraction of sp³-hybridized carbons (Fsp3) is 0.600. The fourth-order valence-corrected chi connectivity index (χ4v) is 2.55. The topological polar surface area (TPSA) is 52.6 Å². The van der Waals surface area contributed by atoms with Gasteiger partial charge in [-0.15, -0.1) is 0 Å². The maximum atomic E-state index is 10.3. The van der Waals surface area contributed by atoms with Crippen molar-refractivity contribution in [1.29, 1.82) is 0 Å². The monoisotopic (exact) mass is 202 g/mol. The van der Waals surface area contributed by atoms with Crippen LogP contribution >= 0.6 is 0 Å². The first kappa shape index (κ1) is 9.58. The second kappa shape index (κ2) is 4.40. The van der Waals surface area contributed by atoms with E-state index in [1.54, 1.807) is 5.48 Å². The standard InChI is InChI=1S/2C2H4O2.CH3.Ga/c2*1-2(3)4;;/h2*1H3,(H,3,4);1H3;/q;;;+2/p-2. The van der Waals surface area contributed by atoms with Crippen LogP contribution in [0.5, 0.6) is 0 Å². The summed E-state index contributed by atoms with van der Waals surface area (Å²) in [4.78, 5) is 20.5. The molecule has 0 bridgehead atoms. The first-order chi connectivity index (χ1) is 4.52. The summed E-state index contributed by atoms with van der Waals surface area (Å²) in [7, 11) is 0. The molecule has 0 aromatic rings. The molecule has 56 valence electrons. The van der Waals surface area contributed by atoms with Crippen molar-refractivity contribution in [1.82, 2.24) is 0 Å². The average molecular weight is 203 g/mol. The predicted molar refractivity (Wildman–Crippen MR) is 35.1 cm³/mol. The van der Waals surface area contributed by atoms with Gasteiger partial charge in [0.2, 0.25) is 0 Å². The molecule has 0 N–H and O–H groups in total. The minimum atomic E-state index is -2.45. The van der Waals surface area contributed by atoms with E-state index >= 15 is 0 Å². The van der Waals surface area contributed by atoms with Crippen molar-refractivity contribution in [2.75, 3.05) is 0 Å². The molecular weight excluding hydrogens is 194 g/mol.